The summed E-state index contributed by atoms with van der Waals surface area (Å²) in [6, 6.07) is 19.5. The zero-order valence-corrected chi connectivity index (χ0v) is 18.3. The van der Waals surface area contributed by atoms with Crippen molar-refractivity contribution in [1.82, 2.24) is 0 Å². The Labute approximate surface area is 192 Å². The average Bonchev–Trinajstić information content (AvgIpc) is 3.67. The van der Waals surface area contributed by atoms with Gasteiger partial charge in [-0.1, -0.05) is 24.3 Å². The first-order valence-electron chi connectivity index (χ1n) is 10.7. The minimum atomic E-state index is -0.544. The average molecular weight is 442 g/mol. The molecule has 4 rings (SSSR count). The van der Waals surface area contributed by atoms with Crippen LogP contribution in [0.25, 0.3) is 6.08 Å². The van der Waals surface area contributed by atoms with Gasteiger partial charge in [0.05, 0.1) is 30.7 Å². The van der Waals surface area contributed by atoms with Gasteiger partial charge in [-0.05, 0) is 67.3 Å². The molecule has 1 aliphatic carbocycles. The number of nitrogens with one attached hydrogen (secondary N) is 1. The van der Waals surface area contributed by atoms with Crippen molar-refractivity contribution in [3.8, 4) is 17.6 Å². The topological polar surface area (TPSA) is 66.6 Å². The third-order valence-corrected chi connectivity index (χ3v) is 5.23. The Morgan fingerprint density at radius 3 is 2.79 bits per heavy atom. The van der Waals surface area contributed by atoms with Crippen molar-refractivity contribution in [2.75, 3.05) is 19.0 Å². The molecule has 166 valence electrons. The highest BCUT2D eigenvalue weighted by atomic mass is 19.1. The number of nitrogens with zero attached hydrogens (tertiary/aromatic N) is 2. The van der Waals surface area contributed by atoms with E-state index < -0.39 is 5.82 Å². The normalized spacial score (nSPS) is 13.2. The van der Waals surface area contributed by atoms with E-state index in [9.17, 15) is 4.39 Å². The van der Waals surface area contributed by atoms with Crippen LogP contribution in [-0.4, -0.2) is 19.9 Å². The van der Waals surface area contributed by atoms with Crippen LogP contribution < -0.4 is 14.8 Å². The second-order valence-corrected chi connectivity index (χ2v) is 7.72. The third kappa shape index (κ3) is 5.78. The predicted molar refractivity (Wildman–Crippen MR) is 129 cm³/mol. The molecule has 0 aromatic heterocycles. The van der Waals surface area contributed by atoms with Gasteiger partial charge in [-0.2, -0.15) is 5.26 Å². The van der Waals surface area contributed by atoms with E-state index in [1.54, 1.807) is 19.4 Å². The lowest BCUT2D eigenvalue weighted by molar-refractivity contribution is 0.280. The van der Waals surface area contributed by atoms with Crippen molar-refractivity contribution in [2.24, 2.45) is 10.9 Å². The number of anilines is 2. The first-order valence-corrected chi connectivity index (χ1v) is 10.7. The molecule has 3 aromatic carbocycles. The van der Waals surface area contributed by atoms with Crippen molar-refractivity contribution in [2.45, 2.75) is 12.8 Å². The summed E-state index contributed by atoms with van der Waals surface area (Å²) in [5.74, 6) is 1.55. The highest BCUT2D eigenvalue weighted by Crippen LogP contribution is 2.35. The van der Waals surface area contributed by atoms with E-state index in [2.05, 4.69) is 10.3 Å². The van der Waals surface area contributed by atoms with Gasteiger partial charge in [-0.15, -0.1) is 0 Å². The van der Waals surface area contributed by atoms with Crippen LogP contribution in [0.15, 0.2) is 71.7 Å². The van der Waals surface area contributed by atoms with Gasteiger partial charge < -0.3 is 14.8 Å². The maximum absolute atomic E-state index is 13.6. The number of ether oxygens (including phenoxy) is 2. The molecule has 0 saturated heterocycles. The smallest absolute Gasteiger partial charge is 0.168 e. The van der Waals surface area contributed by atoms with Crippen LogP contribution >= 0.6 is 0 Å². The monoisotopic (exact) mass is 441 g/mol. The summed E-state index contributed by atoms with van der Waals surface area (Å²) >= 11 is 0. The summed E-state index contributed by atoms with van der Waals surface area (Å²) < 4.78 is 25.1. The van der Waals surface area contributed by atoms with Crippen molar-refractivity contribution < 1.29 is 13.9 Å². The predicted octanol–water partition coefficient (Wildman–Crippen LogP) is 6.65. The molecule has 0 heterocycles. The Bertz CT molecular complexity index is 1230. The third-order valence-electron chi connectivity index (χ3n) is 5.23. The molecule has 1 fully saturated rings. The molecule has 33 heavy (non-hydrogen) atoms. The van der Waals surface area contributed by atoms with Crippen LogP contribution in [0.3, 0.4) is 0 Å². The largest absolute Gasteiger partial charge is 0.493 e. The molecule has 1 aliphatic rings. The lowest BCUT2D eigenvalue weighted by atomic mass is 10.1. The standard InChI is InChI=1S/C27H24FN3O2/c1-32-26-10-4-6-20(27(26)33-18-19-11-12-19)7-5-15-30-24-8-2-3-9-25(24)31-22-13-14-23(28)21(16-22)17-29/h2-10,13-16,19,31H,11-12,18H2,1H3/b7-5+,30-15?. The van der Waals surface area contributed by atoms with E-state index in [4.69, 9.17) is 14.7 Å². The van der Waals surface area contributed by atoms with Gasteiger partial charge in [-0.3, -0.25) is 4.99 Å². The number of allylic oxidation sites excluding steroid dienone is 1. The Hall–Kier alpha value is -4.11. The van der Waals surface area contributed by atoms with Gasteiger partial charge in [0.15, 0.2) is 11.5 Å². The molecule has 0 atom stereocenters. The van der Waals surface area contributed by atoms with E-state index in [0.29, 0.717) is 29.6 Å². The maximum Gasteiger partial charge on any atom is 0.168 e. The molecular formula is C27H24FN3O2. The Balaban J connectivity index is 1.50. The van der Waals surface area contributed by atoms with E-state index in [1.165, 1.54) is 25.0 Å². The van der Waals surface area contributed by atoms with Crippen molar-refractivity contribution in [1.29, 1.82) is 5.26 Å². The Kier molecular flexibility index (Phi) is 7.01. The molecular weight excluding hydrogens is 417 g/mol. The number of para-hydroxylation sites is 3. The van der Waals surface area contributed by atoms with Gasteiger partial charge >= 0.3 is 0 Å². The van der Waals surface area contributed by atoms with E-state index in [0.717, 1.165) is 17.0 Å². The first-order chi connectivity index (χ1) is 16.2. The van der Waals surface area contributed by atoms with Gasteiger partial charge in [-0.25, -0.2) is 4.39 Å². The zero-order chi connectivity index (χ0) is 23.0. The summed E-state index contributed by atoms with van der Waals surface area (Å²) in [6.45, 7) is 0.700. The summed E-state index contributed by atoms with van der Waals surface area (Å²) in [5.41, 5.74) is 2.97. The Morgan fingerprint density at radius 2 is 2.00 bits per heavy atom. The summed E-state index contributed by atoms with van der Waals surface area (Å²) in [5, 5.41) is 12.2. The SMILES string of the molecule is COc1cccc(/C=C/C=Nc2ccccc2Nc2ccc(F)c(C#N)c2)c1OCC1CC1. The first kappa shape index (κ1) is 22.1. The molecule has 1 saturated carbocycles. The fourth-order valence-electron chi connectivity index (χ4n) is 3.27. The number of nitriles is 1. The highest BCUT2D eigenvalue weighted by molar-refractivity contribution is 5.84. The Morgan fingerprint density at radius 1 is 1.15 bits per heavy atom. The fraction of sp³-hybridized carbons (Fsp3) is 0.185. The van der Waals surface area contributed by atoms with Crippen LogP contribution in [0.2, 0.25) is 0 Å². The van der Waals surface area contributed by atoms with Gasteiger partial charge in [0.1, 0.15) is 11.9 Å². The van der Waals surface area contributed by atoms with Gasteiger partial charge in [0.2, 0.25) is 0 Å². The molecule has 0 aliphatic heterocycles. The zero-order valence-electron chi connectivity index (χ0n) is 18.3. The molecule has 1 N–H and O–H groups in total. The highest BCUT2D eigenvalue weighted by Gasteiger charge is 2.23. The van der Waals surface area contributed by atoms with Crippen LogP contribution in [0.4, 0.5) is 21.5 Å². The van der Waals surface area contributed by atoms with Crippen molar-refractivity contribution in [3.63, 3.8) is 0 Å². The van der Waals surface area contributed by atoms with Gasteiger partial charge in [0, 0.05) is 17.5 Å². The second kappa shape index (κ2) is 10.5. The number of halogens is 1. The van der Waals surface area contributed by atoms with Gasteiger partial charge in [0.25, 0.3) is 0 Å². The molecule has 0 unspecified atom stereocenters. The van der Waals surface area contributed by atoms with Crippen LogP contribution in [0.1, 0.15) is 24.0 Å². The second-order valence-electron chi connectivity index (χ2n) is 7.72. The maximum atomic E-state index is 13.6. The molecule has 0 radical (unpaired) electrons. The molecule has 3 aromatic rings. The number of methoxy groups -OCH3 is 1. The lowest BCUT2D eigenvalue weighted by Gasteiger charge is -2.13. The van der Waals surface area contributed by atoms with Crippen LogP contribution in [-0.2, 0) is 0 Å². The molecule has 5 nitrogen and oxygen atoms in total. The quantitative estimate of drug-likeness (QED) is 0.377. The van der Waals surface area contributed by atoms with E-state index >= 15 is 0 Å². The molecule has 0 spiro atoms. The summed E-state index contributed by atoms with van der Waals surface area (Å²) in [6.07, 6.45) is 7.92. The number of rotatable bonds is 9. The summed E-state index contributed by atoms with van der Waals surface area (Å²) in [7, 11) is 1.64. The summed E-state index contributed by atoms with van der Waals surface area (Å²) in [4.78, 5) is 4.55. The number of hydrogen-bond donors (Lipinski definition) is 1. The van der Waals surface area contributed by atoms with Crippen molar-refractivity contribution in [3.05, 3.63) is 83.7 Å². The lowest BCUT2D eigenvalue weighted by Crippen LogP contribution is -2.02. The van der Waals surface area contributed by atoms with Crippen LogP contribution in [0, 0.1) is 23.1 Å². The van der Waals surface area contributed by atoms with E-state index in [1.807, 2.05) is 60.7 Å². The number of hydrogen-bond acceptors (Lipinski definition) is 5. The fourth-order valence-corrected chi connectivity index (χ4v) is 3.27. The minimum Gasteiger partial charge on any atom is -0.493 e. The van der Waals surface area contributed by atoms with Crippen molar-refractivity contribution >= 4 is 29.4 Å². The van der Waals surface area contributed by atoms with E-state index in [-0.39, 0.29) is 5.56 Å². The molecule has 0 bridgehead atoms. The van der Waals surface area contributed by atoms with Crippen LogP contribution in [0.5, 0.6) is 11.5 Å². The number of aliphatic imine (C=N–C) groups is 1. The number of benzene rings is 3. The minimum absolute atomic E-state index is 0.0121. The molecule has 0 amide bonds. The molecule has 6 heteroatoms.